The second-order valence-corrected chi connectivity index (χ2v) is 5.53. The Hall–Kier alpha value is 0.837. The summed E-state index contributed by atoms with van der Waals surface area (Å²) in [6.45, 7) is 5.54. The molecule has 0 amide bonds. The van der Waals surface area contributed by atoms with Crippen LogP contribution >= 0.6 is 11.3 Å². The van der Waals surface area contributed by atoms with Gasteiger partial charge in [-0.25, -0.2) is 0 Å². The second kappa shape index (κ2) is 10.0. The molecule has 1 heterocycles. The van der Waals surface area contributed by atoms with Gasteiger partial charge < -0.3 is 9.47 Å². The number of rotatable bonds is 7. The Morgan fingerprint density at radius 3 is 2.47 bits per heavy atom. The molecule has 1 aromatic rings. The Labute approximate surface area is 120 Å². The summed E-state index contributed by atoms with van der Waals surface area (Å²) >= 11 is 1.76. The third kappa shape index (κ3) is 6.89. The van der Waals surface area contributed by atoms with Crippen molar-refractivity contribution in [3.63, 3.8) is 0 Å². The Balaban J connectivity index is 0.00000196. The van der Waals surface area contributed by atoms with Crippen LogP contribution in [0, 0.1) is 0 Å². The van der Waals surface area contributed by atoms with Crippen molar-refractivity contribution >= 4 is 50.4 Å². The first kappa shape index (κ1) is 15.8. The van der Waals surface area contributed by atoms with Gasteiger partial charge in [0.1, 0.15) is 5.91 Å². The van der Waals surface area contributed by atoms with Crippen LogP contribution in [0.15, 0.2) is 16.8 Å². The van der Waals surface area contributed by atoms with Crippen molar-refractivity contribution in [2.45, 2.75) is 25.8 Å². The van der Waals surface area contributed by atoms with Crippen molar-refractivity contribution in [2.24, 2.45) is 0 Å². The number of hydrogen-bond acceptors (Lipinski definition) is 3. The Morgan fingerprint density at radius 1 is 1.33 bits per heavy atom. The molecule has 0 fully saturated rings. The molecular formula is C10H19NaO2SSi. The van der Waals surface area contributed by atoms with E-state index < -0.39 is 0 Å². The summed E-state index contributed by atoms with van der Waals surface area (Å²) in [6, 6.07) is 3.36. The topological polar surface area (TPSA) is 18.5 Å². The molecule has 5 heteroatoms. The van der Waals surface area contributed by atoms with E-state index in [1.807, 2.05) is 13.8 Å². The zero-order chi connectivity index (χ0) is 10.2. The number of hydrogen-bond donors (Lipinski definition) is 0. The van der Waals surface area contributed by atoms with Gasteiger partial charge in [-0.3, -0.25) is 0 Å². The van der Waals surface area contributed by atoms with E-state index in [2.05, 4.69) is 16.8 Å². The fourth-order valence-corrected chi connectivity index (χ4v) is 3.90. The molecule has 0 N–H and O–H groups in total. The first-order valence-electron chi connectivity index (χ1n) is 5.11. The number of ether oxygens (including phenoxy) is 2. The molecule has 0 aromatic carbocycles. The summed E-state index contributed by atoms with van der Waals surface area (Å²) in [5, 5.41) is 4.34. The van der Waals surface area contributed by atoms with Crippen molar-refractivity contribution in [1.29, 1.82) is 0 Å². The van der Waals surface area contributed by atoms with E-state index in [0.717, 1.165) is 13.2 Å². The van der Waals surface area contributed by atoms with Gasteiger partial charge in [-0.1, -0.05) is 0 Å². The molecule has 0 spiro atoms. The van der Waals surface area contributed by atoms with Gasteiger partial charge in [0.15, 0.2) is 0 Å². The molecule has 82 valence electrons. The molecular weight excluding hydrogens is 235 g/mol. The van der Waals surface area contributed by atoms with E-state index in [0.29, 0.717) is 0 Å². The van der Waals surface area contributed by atoms with Crippen LogP contribution in [-0.2, 0) is 15.5 Å². The quantitative estimate of drug-likeness (QED) is 0.536. The van der Waals surface area contributed by atoms with Gasteiger partial charge in [0.2, 0.25) is 0 Å². The first-order valence-corrected chi connectivity index (χ1v) is 7.87. The monoisotopic (exact) mass is 254 g/mol. The molecule has 0 bridgehead atoms. The Bertz CT molecular complexity index is 225. The molecule has 15 heavy (non-hydrogen) atoms. The summed E-state index contributed by atoms with van der Waals surface area (Å²) < 4.78 is 11.0. The Morgan fingerprint density at radius 2 is 2.00 bits per heavy atom. The zero-order valence-electron chi connectivity index (χ0n) is 8.86. The summed E-state index contributed by atoms with van der Waals surface area (Å²) in [4.78, 5) is 0. The molecule has 0 unspecified atom stereocenters. The van der Waals surface area contributed by atoms with Crippen molar-refractivity contribution in [2.75, 3.05) is 13.2 Å². The minimum atomic E-state index is -0.303. The SMILES string of the molecule is CCOC(OCC)[SiH2]Cc1ccsc1.[NaH]. The predicted molar refractivity (Wildman–Crippen MR) is 70.8 cm³/mol. The van der Waals surface area contributed by atoms with Crippen LogP contribution in [0.3, 0.4) is 0 Å². The van der Waals surface area contributed by atoms with E-state index in [4.69, 9.17) is 9.47 Å². The molecule has 0 radical (unpaired) electrons. The average Bonchev–Trinajstić information content (AvgIpc) is 2.67. The zero-order valence-corrected chi connectivity index (χ0v) is 11.1. The van der Waals surface area contributed by atoms with Gasteiger partial charge in [-0.2, -0.15) is 11.3 Å². The van der Waals surface area contributed by atoms with Gasteiger partial charge in [0.05, 0.1) is 9.52 Å². The van der Waals surface area contributed by atoms with Gasteiger partial charge >= 0.3 is 29.6 Å². The third-order valence-electron chi connectivity index (χ3n) is 1.95. The van der Waals surface area contributed by atoms with Crippen LogP contribution in [-0.4, -0.2) is 58.2 Å². The maximum atomic E-state index is 5.52. The van der Waals surface area contributed by atoms with E-state index in [-0.39, 0.29) is 45.0 Å². The average molecular weight is 254 g/mol. The van der Waals surface area contributed by atoms with Crippen molar-refractivity contribution in [3.8, 4) is 0 Å². The predicted octanol–water partition coefficient (Wildman–Crippen LogP) is 1.12. The van der Waals surface area contributed by atoms with Crippen LogP contribution in [0.2, 0.25) is 0 Å². The number of thiophene rings is 1. The van der Waals surface area contributed by atoms with E-state index in [9.17, 15) is 0 Å². The van der Waals surface area contributed by atoms with Crippen LogP contribution < -0.4 is 0 Å². The summed E-state index contributed by atoms with van der Waals surface area (Å²) in [7, 11) is -0.303. The van der Waals surface area contributed by atoms with E-state index in [1.54, 1.807) is 11.3 Å². The van der Waals surface area contributed by atoms with Crippen molar-refractivity contribution < 1.29 is 9.47 Å². The standard InChI is InChI=1S/C10H18O2SSi.Na.H/c1-3-11-10(12-4-2)14-8-9-5-6-13-7-9;;/h5-7,10H,3-4,8,14H2,1-2H3;;. The van der Waals surface area contributed by atoms with Gasteiger partial charge in [0.25, 0.3) is 0 Å². The molecule has 1 rings (SSSR count). The third-order valence-corrected chi connectivity index (χ3v) is 4.49. The molecule has 0 aliphatic carbocycles. The normalized spacial score (nSPS) is 11.1. The maximum absolute atomic E-state index is 5.52. The van der Waals surface area contributed by atoms with Crippen LogP contribution in [0.25, 0.3) is 0 Å². The molecule has 0 atom stereocenters. The fraction of sp³-hybridized carbons (Fsp3) is 0.600. The molecule has 0 aliphatic rings. The summed E-state index contributed by atoms with van der Waals surface area (Å²) in [5.74, 6) is 0.102. The van der Waals surface area contributed by atoms with Gasteiger partial charge in [0, 0.05) is 13.2 Å². The van der Waals surface area contributed by atoms with Crippen molar-refractivity contribution in [3.05, 3.63) is 22.4 Å². The molecule has 2 nitrogen and oxygen atoms in total. The second-order valence-electron chi connectivity index (χ2n) is 3.01. The molecule has 1 aromatic heterocycles. The summed E-state index contributed by atoms with van der Waals surface area (Å²) in [5.41, 5.74) is 1.44. The van der Waals surface area contributed by atoms with Gasteiger partial charge in [-0.05, 0) is 42.3 Å². The summed E-state index contributed by atoms with van der Waals surface area (Å²) in [6.07, 6.45) is 0. The van der Waals surface area contributed by atoms with E-state index >= 15 is 0 Å². The Kier molecular flexibility index (Phi) is 10.6. The van der Waals surface area contributed by atoms with Crippen LogP contribution in [0.1, 0.15) is 19.4 Å². The van der Waals surface area contributed by atoms with Crippen molar-refractivity contribution in [1.82, 2.24) is 0 Å². The van der Waals surface area contributed by atoms with Crippen LogP contribution in [0.5, 0.6) is 0 Å². The molecule has 0 saturated carbocycles. The van der Waals surface area contributed by atoms with Crippen LogP contribution in [0.4, 0.5) is 0 Å². The van der Waals surface area contributed by atoms with E-state index in [1.165, 1.54) is 11.6 Å². The fourth-order valence-electron chi connectivity index (χ4n) is 1.31. The molecule has 0 saturated heterocycles. The van der Waals surface area contributed by atoms with Gasteiger partial charge in [-0.15, -0.1) is 0 Å². The minimum absolute atomic E-state index is 0. The molecule has 0 aliphatic heterocycles. The first-order chi connectivity index (χ1) is 6.86.